The molecule has 1 unspecified atom stereocenters. The molecule has 0 spiro atoms. The molecule has 0 radical (unpaired) electrons. The predicted molar refractivity (Wildman–Crippen MR) is 67.8 cm³/mol. The molecule has 1 aliphatic rings. The summed E-state index contributed by atoms with van der Waals surface area (Å²) in [5, 5.41) is 0. The van der Waals surface area contributed by atoms with Gasteiger partial charge in [-0.3, -0.25) is 0 Å². The minimum absolute atomic E-state index is 0.439. The molecule has 0 aliphatic carbocycles. The van der Waals surface area contributed by atoms with Gasteiger partial charge < -0.3 is 18.9 Å². The lowest BCUT2D eigenvalue weighted by Crippen LogP contribution is -2.28. The van der Waals surface area contributed by atoms with Crippen LogP contribution in [-0.4, -0.2) is 32.1 Å². The van der Waals surface area contributed by atoms with E-state index < -0.39 is 24.0 Å². The number of hydrogen-bond acceptors (Lipinski definition) is 5. The fraction of sp³-hybridized carbons (Fsp3) is 0.500. The van der Waals surface area contributed by atoms with Gasteiger partial charge in [-0.2, -0.15) is 0 Å². The predicted octanol–water partition coefficient (Wildman–Crippen LogP) is 2.06. The Morgan fingerprint density at radius 1 is 1.16 bits per heavy atom. The van der Waals surface area contributed by atoms with E-state index in [1.54, 1.807) is 21.0 Å². The molecule has 2 rings (SSSR count). The number of rotatable bonds is 3. The van der Waals surface area contributed by atoms with Crippen LogP contribution < -0.4 is 4.74 Å². The van der Waals surface area contributed by atoms with E-state index in [2.05, 4.69) is 0 Å². The number of esters is 1. The van der Waals surface area contributed by atoms with Crippen molar-refractivity contribution >= 4 is 5.97 Å². The van der Waals surface area contributed by atoms with Crippen molar-refractivity contribution < 1.29 is 23.7 Å². The van der Waals surface area contributed by atoms with Crippen LogP contribution in [0, 0.1) is 0 Å². The van der Waals surface area contributed by atoms with Crippen LogP contribution in [0.5, 0.6) is 5.75 Å². The van der Waals surface area contributed by atoms with Gasteiger partial charge in [0.05, 0.1) is 14.2 Å². The fourth-order valence-corrected chi connectivity index (χ4v) is 2.09. The first-order chi connectivity index (χ1) is 8.96. The van der Waals surface area contributed by atoms with E-state index in [-0.39, 0.29) is 0 Å². The van der Waals surface area contributed by atoms with Crippen LogP contribution in [0.1, 0.15) is 25.5 Å². The lowest BCUT2D eigenvalue weighted by Gasteiger charge is -2.16. The molecule has 1 heterocycles. The summed E-state index contributed by atoms with van der Waals surface area (Å²) in [6.45, 7) is 3.54. The first-order valence-corrected chi connectivity index (χ1v) is 6.04. The fourth-order valence-electron chi connectivity index (χ4n) is 2.09. The maximum Gasteiger partial charge on any atom is 0.338 e. The monoisotopic (exact) mass is 266 g/mol. The van der Waals surface area contributed by atoms with Crippen molar-refractivity contribution in [3.05, 3.63) is 29.8 Å². The second-order valence-electron chi connectivity index (χ2n) is 4.77. The molecule has 1 fully saturated rings. The van der Waals surface area contributed by atoms with Crippen LogP contribution >= 0.6 is 0 Å². The highest BCUT2D eigenvalue weighted by molar-refractivity contribution is 5.76. The van der Waals surface area contributed by atoms with E-state index in [9.17, 15) is 4.79 Å². The molecule has 1 saturated heterocycles. The third kappa shape index (κ3) is 2.88. The van der Waals surface area contributed by atoms with Crippen molar-refractivity contribution in [1.29, 1.82) is 0 Å². The molecule has 5 heteroatoms. The van der Waals surface area contributed by atoms with E-state index in [4.69, 9.17) is 18.9 Å². The van der Waals surface area contributed by atoms with E-state index in [1.807, 2.05) is 24.3 Å². The molecular weight excluding hydrogens is 248 g/mol. The first-order valence-electron chi connectivity index (χ1n) is 6.04. The largest absolute Gasteiger partial charge is 0.497 e. The molecule has 0 N–H and O–H groups in total. The second kappa shape index (κ2) is 5.19. The van der Waals surface area contributed by atoms with E-state index in [0.717, 1.165) is 11.3 Å². The van der Waals surface area contributed by atoms with Crippen molar-refractivity contribution in [3.63, 3.8) is 0 Å². The maximum absolute atomic E-state index is 11.8. The average Bonchev–Trinajstić information content (AvgIpc) is 2.74. The van der Waals surface area contributed by atoms with Gasteiger partial charge in [0, 0.05) is 0 Å². The highest BCUT2D eigenvalue weighted by Crippen LogP contribution is 2.39. The lowest BCUT2D eigenvalue weighted by atomic mass is 10.0. The van der Waals surface area contributed by atoms with Crippen LogP contribution in [0.3, 0.4) is 0 Å². The summed E-state index contributed by atoms with van der Waals surface area (Å²) in [6, 6.07) is 7.34. The Hall–Kier alpha value is -1.59. The van der Waals surface area contributed by atoms with E-state index >= 15 is 0 Å². The number of methoxy groups -OCH3 is 2. The first kappa shape index (κ1) is 13.8. The lowest BCUT2D eigenvalue weighted by molar-refractivity contribution is -0.168. The molecule has 2 atom stereocenters. The van der Waals surface area contributed by atoms with Gasteiger partial charge in [-0.15, -0.1) is 0 Å². The Morgan fingerprint density at radius 3 is 2.32 bits per heavy atom. The third-order valence-corrected chi connectivity index (χ3v) is 2.97. The van der Waals surface area contributed by atoms with Crippen LogP contribution in [0.25, 0.3) is 0 Å². The third-order valence-electron chi connectivity index (χ3n) is 2.97. The van der Waals surface area contributed by atoms with Gasteiger partial charge in [-0.05, 0) is 31.5 Å². The normalized spacial score (nSPS) is 25.1. The zero-order valence-electron chi connectivity index (χ0n) is 11.5. The van der Waals surface area contributed by atoms with Crippen molar-refractivity contribution in [2.75, 3.05) is 14.2 Å². The zero-order chi connectivity index (χ0) is 14.0. The molecule has 19 heavy (non-hydrogen) atoms. The molecule has 5 nitrogen and oxygen atoms in total. The Bertz CT molecular complexity index is 451. The van der Waals surface area contributed by atoms with Crippen LogP contribution in [0.15, 0.2) is 24.3 Å². The Balaban J connectivity index is 2.26. The summed E-state index contributed by atoms with van der Waals surface area (Å²) in [5.41, 5.74) is 0.849. The number of benzene rings is 1. The molecule has 104 valence electrons. The summed E-state index contributed by atoms with van der Waals surface area (Å²) in [6.07, 6.45) is -1.23. The summed E-state index contributed by atoms with van der Waals surface area (Å²) < 4.78 is 21.2. The van der Waals surface area contributed by atoms with E-state index in [1.165, 1.54) is 7.11 Å². The van der Waals surface area contributed by atoms with Gasteiger partial charge in [-0.25, -0.2) is 4.79 Å². The molecule has 1 aliphatic heterocycles. The Kier molecular flexibility index (Phi) is 3.78. The SMILES string of the molecule is COC(=O)[C@H]1OC(C)(C)OC1c1ccc(OC)cc1. The highest BCUT2D eigenvalue weighted by atomic mass is 16.8. The standard InChI is InChI=1S/C14H18O5/c1-14(2)18-11(12(19-14)13(15)17-4)9-5-7-10(16-3)8-6-9/h5-8,11-12H,1-4H3/t11?,12-/m0/s1. The number of carbonyl (C=O) groups excluding carboxylic acids is 1. The number of carbonyl (C=O) groups is 1. The van der Waals surface area contributed by atoms with Crippen LogP contribution in [-0.2, 0) is 19.0 Å². The molecule has 0 amide bonds. The molecular formula is C14H18O5. The highest BCUT2D eigenvalue weighted by Gasteiger charge is 2.46. The molecule has 0 aromatic heterocycles. The van der Waals surface area contributed by atoms with Crippen molar-refractivity contribution in [2.45, 2.75) is 31.8 Å². The summed E-state index contributed by atoms with van der Waals surface area (Å²) in [5.74, 6) is -0.508. The van der Waals surface area contributed by atoms with Gasteiger partial charge >= 0.3 is 5.97 Å². The summed E-state index contributed by atoms with van der Waals surface area (Å²) in [7, 11) is 2.94. The molecule has 0 bridgehead atoms. The van der Waals surface area contributed by atoms with Gasteiger partial charge in [0.15, 0.2) is 11.9 Å². The zero-order valence-corrected chi connectivity index (χ0v) is 11.5. The van der Waals surface area contributed by atoms with E-state index in [0.29, 0.717) is 0 Å². The summed E-state index contributed by atoms with van der Waals surface area (Å²) >= 11 is 0. The van der Waals surface area contributed by atoms with Gasteiger partial charge in [0.2, 0.25) is 0 Å². The number of hydrogen-bond donors (Lipinski definition) is 0. The Morgan fingerprint density at radius 2 is 1.79 bits per heavy atom. The van der Waals surface area contributed by atoms with Gasteiger partial charge in [0.25, 0.3) is 0 Å². The van der Waals surface area contributed by atoms with Crippen molar-refractivity contribution in [1.82, 2.24) is 0 Å². The van der Waals surface area contributed by atoms with Crippen molar-refractivity contribution in [3.8, 4) is 5.75 Å². The van der Waals surface area contributed by atoms with Crippen LogP contribution in [0.2, 0.25) is 0 Å². The smallest absolute Gasteiger partial charge is 0.338 e. The molecule has 1 aromatic rings. The minimum atomic E-state index is -0.816. The van der Waals surface area contributed by atoms with Gasteiger partial charge in [0.1, 0.15) is 11.9 Å². The minimum Gasteiger partial charge on any atom is -0.497 e. The topological polar surface area (TPSA) is 54.0 Å². The van der Waals surface area contributed by atoms with Crippen LogP contribution in [0.4, 0.5) is 0 Å². The summed E-state index contributed by atoms with van der Waals surface area (Å²) in [4.78, 5) is 11.8. The van der Waals surface area contributed by atoms with Gasteiger partial charge in [-0.1, -0.05) is 12.1 Å². The average molecular weight is 266 g/mol. The second-order valence-corrected chi connectivity index (χ2v) is 4.77. The maximum atomic E-state index is 11.8. The quantitative estimate of drug-likeness (QED) is 0.784. The van der Waals surface area contributed by atoms with Crippen molar-refractivity contribution in [2.24, 2.45) is 0 Å². The molecule has 0 saturated carbocycles. The molecule has 1 aromatic carbocycles. The number of ether oxygens (including phenoxy) is 4. The Labute approximate surface area is 112 Å².